The number of carbonyl (C=O) groups is 3. The molecule has 2 amide bonds. The Kier molecular flexibility index (Phi) is 9.09. The summed E-state index contributed by atoms with van der Waals surface area (Å²) in [6.07, 6.45) is 0.820. The van der Waals surface area contributed by atoms with E-state index in [1.54, 1.807) is 0 Å². The zero-order valence-electron chi connectivity index (χ0n) is 22.2. The summed E-state index contributed by atoms with van der Waals surface area (Å²) in [7, 11) is 0. The quantitative estimate of drug-likeness (QED) is 0.0623. The normalized spacial score (nSPS) is 21.7. The number of alkyl halides is 1. The number of fused-ring (bicyclic) bond motifs is 1. The van der Waals surface area contributed by atoms with Crippen LogP contribution in [-0.4, -0.2) is 74.0 Å². The fraction of sp³-hybridized carbons (Fsp3) is 0.286. The number of β-lactam (4-membered cyclic amide) rings is 1. The van der Waals surface area contributed by atoms with Gasteiger partial charge in [0, 0.05) is 29.7 Å². The molecule has 0 spiro atoms. The van der Waals surface area contributed by atoms with Crippen molar-refractivity contribution in [1.82, 2.24) is 19.6 Å². The molecular formula is C28H27ClN6O5S2. The Hall–Kier alpha value is -3.94. The standard InChI is InChI=1S/C28H27ClN6O5S2/c1-2-13-39-33-19(22-32-27(30)42-34-22)23(36)31-20-24(37)35-15-28(14-29,16-41-25(20)35)26(38)40-21(17-9-5-3-6-10-17)18-11-7-4-8-12-18/h2-12,20-21,25H,1,13-16H2,(H,31,36)(H2,30,32,34)/t20?,25-,28?/m1/s1. The molecule has 0 bridgehead atoms. The molecule has 2 aliphatic heterocycles. The number of nitrogens with one attached hydrogen (secondary N) is 1. The number of ether oxygens (including phenoxy) is 1. The maximum Gasteiger partial charge on any atom is 0.316 e. The first kappa shape index (κ1) is 29.5. The zero-order valence-corrected chi connectivity index (χ0v) is 24.6. The van der Waals surface area contributed by atoms with Crippen LogP contribution in [0.1, 0.15) is 23.1 Å². The van der Waals surface area contributed by atoms with Crippen LogP contribution in [0.15, 0.2) is 78.5 Å². The van der Waals surface area contributed by atoms with E-state index in [9.17, 15) is 14.4 Å². The summed E-state index contributed by atoms with van der Waals surface area (Å²) in [6.45, 7) is 3.65. The SMILES string of the molecule is C=CCON=C(C(=O)NC1C(=O)N2CC(CCl)(C(=O)OC(c3ccccc3)c3ccccc3)CS[C@H]12)c1nsc(N)n1. The number of carbonyl (C=O) groups excluding carboxylic acids is 3. The first-order valence-electron chi connectivity index (χ1n) is 12.9. The van der Waals surface area contributed by atoms with Crippen LogP contribution in [0.5, 0.6) is 0 Å². The number of halogens is 1. The van der Waals surface area contributed by atoms with Crippen molar-refractivity contribution < 1.29 is 24.0 Å². The van der Waals surface area contributed by atoms with Crippen molar-refractivity contribution in [2.75, 3.05) is 30.5 Å². The molecule has 3 heterocycles. The second kappa shape index (κ2) is 12.9. The van der Waals surface area contributed by atoms with E-state index in [-0.39, 0.29) is 41.6 Å². The smallest absolute Gasteiger partial charge is 0.316 e. The van der Waals surface area contributed by atoms with E-state index in [4.69, 9.17) is 26.9 Å². The van der Waals surface area contributed by atoms with Gasteiger partial charge >= 0.3 is 5.97 Å². The molecule has 3 aromatic rings. The molecule has 42 heavy (non-hydrogen) atoms. The number of amides is 2. The summed E-state index contributed by atoms with van der Waals surface area (Å²) in [5, 5.41) is 6.26. The highest BCUT2D eigenvalue weighted by molar-refractivity contribution is 8.00. The number of nitrogens with two attached hydrogens (primary N) is 1. The van der Waals surface area contributed by atoms with Crippen LogP contribution in [0.3, 0.4) is 0 Å². The number of aromatic nitrogens is 2. The summed E-state index contributed by atoms with van der Waals surface area (Å²) in [5.41, 5.74) is 5.94. The highest BCUT2D eigenvalue weighted by Gasteiger charge is 2.58. The first-order valence-corrected chi connectivity index (χ1v) is 15.2. The monoisotopic (exact) mass is 626 g/mol. The van der Waals surface area contributed by atoms with Crippen LogP contribution in [0.25, 0.3) is 0 Å². The molecular weight excluding hydrogens is 600 g/mol. The van der Waals surface area contributed by atoms with Crippen LogP contribution in [0.2, 0.25) is 0 Å². The van der Waals surface area contributed by atoms with Crippen molar-refractivity contribution in [3.8, 4) is 0 Å². The molecule has 2 aromatic carbocycles. The third kappa shape index (κ3) is 5.98. The van der Waals surface area contributed by atoms with Crippen LogP contribution in [0, 0.1) is 5.41 Å². The minimum atomic E-state index is -1.14. The number of thioether (sulfide) groups is 1. The maximum atomic E-state index is 13.7. The third-order valence-corrected chi connectivity index (χ3v) is 9.41. The van der Waals surface area contributed by atoms with Gasteiger partial charge in [-0.15, -0.1) is 23.4 Å². The molecule has 2 aliphatic rings. The summed E-state index contributed by atoms with van der Waals surface area (Å²) >= 11 is 8.65. The van der Waals surface area contributed by atoms with Gasteiger partial charge in [0.15, 0.2) is 11.2 Å². The van der Waals surface area contributed by atoms with Crippen LogP contribution in [0.4, 0.5) is 5.13 Å². The molecule has 2 fully saturated rings. The van der Waals surface area contributed by atoms with Gasteiger partial charge in [-0.2, -0.15) is 9.36 Å². The summed E-state index contributed by atoms with van der Waals surface area (Å²) in [6, 6.07) is 18.0. The van der Waals surface area contributed by atoms with Crippen molar-refractivity contribution in [1.29, 1.82) is 0 Å². The van der Waals surface area contributed by atoms with Gasteiger partial charge in [-0.1, -0.05) is 78.5 Å². The molecule has 1 aromatic heterocycles. The Morgan fingerprint density at radius 2 is 1.88 bits per heavy atom. The number of rotatable bonds is 11. The van der Waals surface area contributed by atoms with E-state index < -0.39 is 34.8 Å². The number of hydrogen-bond donors (Lipinski definition) is 2. The Morgan fingerprint density at radius 1 is 1.21 bits per heavy atom. The van der Waals surface area contributed by atoms with E-state index in [2.05, 4.69) is 26.4 Å². The van der Waals surface area contributed by atoms with Crippen molar-refractivity contribution in [2.45, 2.75) is 17.5 Å². The van der Waals surface area contributed by atoms with Crippen LogP contribution >= 0.6 is 34.9 Å². The topological polar surface area (TPSA) is 149 Å². The van der Waals surface area contributed by atoms with Gasteiger partial charge in [0.05, 0.1) is 0 Å². The molecule has 2 unspecified atom stereocenters. The number of nitrogens with zero attached hydrogens (tertiary/aromatic N) is 4. The van der Waals surface area contributed by atoms with Gasteiger partial charge in [0.1, 0.15) is 23.4 Å². The lowest BCUT2D eigenvalue weighted by atomic mass is 9.88. The predicted octanol–water partition coefficient (Wildman–Crippen LogP) is 2.98. The second-order valence-electron chi connectivity index (χ2n) is 9.62. The van der Waals surface area contributed by atoms with E-state index >= 15 is 0 Å². The predicted molar refractivity (Wildman–Crippen MR) is 161 cm³/mol. The Morgan fingerprint density at radius 3 is 2.45 bits per heavy atom. The third-order valence-electron chi connectivity index (χ3n) is 6.77. The highest BCUT2D eigenvalue weighted by atomic mass is 35.5. The van der Waals surface area contributed by atoms with E-state index in [1.807, 2.05) is 60.7 Å². The first-order chi connectivity index (χ1) is 20.4. The minimum absolute atomic E-state index is 0.0192. The lowest BCUT2D eigenvalue weighted by Gasteiger charge is -2.53. The van der Waals surface area contributed by atoms with Crippen molar-refractivity contribution >= 4 is 63.5 Å². The highest BCUT2D eigenvalue weighted by Crippen LogP contribution is 2.44. The molecule has 3 N–H and O–H groups in total. The number of nitrogen functional groups attached to an aromatic ring is 1. The fourth-order valence-electron chi connectivity index (χ4n) is 4.58. The van der Waals surface area contributed by atoms with Crippen LogP contribution < -0.4 is 11.1 Å². The summed E-state index contributed by atoms with van der Waals surface area (Å²) in [4.78, 5) is 50.7. The molecule has 0 aliphatic carbocycles. The molecule has 11 nitrogen and oxygen atoms in total. The number of benzene rings is 2. The average Bonchev–Trinajstić information content (AvgIpc) is 3.46. The van der Waals surface area contributed by atoms with Gasteiger partial charge < -0.3 is 25.5 Å². The van der Waals surface area contributed by atoms with Gasteiger partial charge in [0.25, 0.3) is 5.91 Å². The Balaban J connectivity index is 1.29. The molecule has 0 saturated carbocycles. The van der Waals surface area contributed by atoms with E-state index in [0.29, 0.717) is 5.75 Å². The molecule has 5 rings (SSSR count). The summed E-state index contributed by atoms with van der Waals surface area (Å²) in [5.74, 6) is -1.33. The van der Waals surface area contributed by atoms with Gasteiger partial charge in [0.2, 0.25) is 17.4 Å². The van der Waals surface area contributed by atoms with Crippen molar-refractivity contribution in [3.05, 3.63) is 90.3 Å². The minimum Gasteiger partial charge on any atom is -0.452 e. The number of hydrogen-bond acceptors (Lipinski definition) is 11. The van der Waals surface area contributed by atoms with E-state index in [0.717, 1.165) is 22.7 Å². The Labute approximate surface area is 255 Å². The van der Waals surface area contributed by atoms with E-state index in [1.165, 1.54) is 22.7 Å². The van der Waals surface area contributed by atoms with Crippen LogP contribution in [-0.2, 0) is 24.0 Å². The van der Waals surface area contributed by atoms with Crippen molar-refractivity contribution in [3.63, 3.8) is 0 Å². The number of esters is 1. The van der Waals surface area contributed by atoms with Gasteiger partial charge in [-0.25, -0.2) is 0 Å². The molecule has 218 valence electrons. The lowest BCUT2D eigenvalue weighted by Crippen LogP contribution is -2.74. The lowest BCUT2D eigenvalue weighted by molar-refractivity contribution is -0.164. The average molecular weight is 627 g/mol. The van der Waals surface area contributed by atoms with Gasteiger partial charge in [-0.3, -0.25) is 14.4 Å². The Bertz CT molecular complexity index is 1450. The number of oxime groups is 1. The molecule has 0 radical (unpaired) electrons. The molecule has 14 heteroatoms. The molecule has 3 atom stereocenters. The number of anilines is 1. The summed E-state index contributed by atoms with van der Waals surface area (Å²) < 4.78 is 10.1. The maximum absolute atomic E-state index is 13.7. The largest absolute Gasteiger partial charge is 0.452 e. The second-order valence-corrected chi connectivity index (χ2v) is 11.8. The fourth-order valence-corrected chi connectivity index (χ4v) is 6.95. The molecule has 2 saturated heterocycles. The van der Waals surface area contributed by atoms with Gasteiger partial charge in [-0.05, 0) is 11.1 Å². The zero-order chi connectivity index (χ0) is 29.7. The van der Waals surface area contributed by atoms with Crippen molar-refractivity contribution in [2.24, 2.45) is 10.6 Å².